The van der Waals surface area contributed by atoms with Gasteiger partial charge in [-0.15, -0.1) is 0 Å². The fraction of sp³-hybridized carbons (Fsp3) is 0.429. The van der Waals surface area contributed by atoms with Crippen LogP contribution in [0.15, 0.2) is 18.2 Å². The van der Waals surface area contributed by atoms with Crippen molar-refractivity contribution < 1.29 is 14.3 Å². The van der Waals surface area contributed by atoms with Gasteiger partial charge in [-0.05, 0) is 25.5 Å². The van der Waals surface area contributed by atoms with Gasteiger partial charge in [0.1, 0.15) is 0 Å². The number of nitrogen functional groups attached to an aromatic ring is 1. The number of benzene rings is 1. The molecule has 4 N–H and O–H groups in total. The Morgan fingerprint density at radius 3 is 2.65 bits per heavy atom. The molecule has 6 nitrogen and oxygen atoms in total. The number of nitrogens with two attached hydrogens (primary N) is 2. The number of rotatable bonds is 3. The van der Waals surface area contributed by atoms with Crippen LogP contribution >= 0.6 is 0 Å². The number of methoxy groups -OCH3 is 1. The highest BCUT2D eigenvalue weighted by Gasteiger charge is 2.40. The van der Waals surface area contributed by atoms with Crippen molar-refractivity contribution in [3.05, 3.63) is 23.8 Å². The second-order valence-corrected chi connectivity index (χ2v) is 5.33. The fourth-order valence-corrected chi connectivity index (χ4v) is 2.54. The van der Waals surface area contributed by atoms with Crippen LogP contribution in [-0.2, 0) is 9.53 Å². The predicted molar refractivity (Wildman–Crippen MR) is 76.3 cm³/mol. The molecule has 0 aromatic heterocycles. The lowest BCUT2D eigenvalue weighted by atomic mass is 9.89. The second kappa shape index (κ2) is 5.03. The van der Waals surface area contributed by atoms with Crippen molar-refractivity contribution in [1.82, 2.24) is 0 Å². The molecule has 20 heavy (non-hydrogen) atoms. The highest BCUT2D eigenvalue weighted by Crippen LogP contribution is 2.37. The van der Waals surface area contributed by atoms with E-state index >= 15 is 0 Å². The van der Waals surface area contributed by atoms with E-state index in [1.807, 2.05) is 11.8 Å². The van der Waals surface area contributed by atoms with Crippen LogP contribution in [0.1, 0.15) is 23.7 Å². The van der Waals surface area contributed by atoms with Gasteiger partial charge in [0.2, 0.25) is 5.91 Å². The molecule has 1 fully saturated rings. The Hall–Kier alpha value is -2.24. The summed E-state index contributed by atoms with van der Waals surface area (Å²) in [6.45, 7) is 2.89. The molecular formula is C14H19N3O3. The Balaban J connectivity index is 2.39. The lowest BCUT2D eigenvalue weighted by Gasteiger charge is -2.25. The molecule has 0 radical (unpaired) electrons. The third kappa shape index (κ3) is 2.29. The topological polar surface area (TPSA) is 98.7 Å². The molecule has 6 heteroatoms. The van der Waals surface area contributed by atoms with Crippen molar-refractivity contribution in [1.29, 1.82) is 0 Å². The van der Waals surface area contributed by atoms with Gasteiger partial charge in [-0.2, -0.15) is 0 Å². The van der Waals surface area contributed by atoms with E-state index in [9.17, 15) is 9.59 Å². The maximum absolute atomic E-state index is 11.8. The van der Waals surface area contributed by atoms with E-state index in [4.69, 9.17) is 16.2 Å². The Kier molecular flexibility index (Phi) is 3.57. The minimum atomic E-state index is -0.602. The molecule has 1 aliphatic rings. The number of hydrogen-bond donors (Lipinski definition) is 2. The molecule has 1 amide bonds. The zero-order chi connectivity index (χ0) is 14.9. The van der Waals surface area contributed by atoms with E-state index in [0.717, 1.165) is 0 Å². The Bertz CT molecular complexity index is 559. The summed E-state index contributed by atoms with van der Waals surface area (Å²) in [5.74, 6) is -0.783. The minimum absolute atomic E-state index is 0.339. The van der Waals surface area contributed by atoms with Gasteiger partial charge in [0.05, 0.1) is 29.5 Å². The Morgan fingerprint density at radius 2 is 2.10 bits per heavy atom. The first kappa shape index (κ1) is 14.2. The molecule has 0 spiro atoms. The van der Waals surface area contributed by atoms with Crippen molar-refractivity contribution in [2.45, 2.75) is 13.3 Å². The molecule has 1 unspecified atom stereocenters. The number of esters is 1. The first-order valence-corrected chi connectivity index (χ1v) is 6.41. The molecule has 1 aromatic carbocycles. The first-order chi connectivity index (χ1) is 9.39. The quantitative estimate of drug-likeness (QED) is 0.627. The Labute approximate surface area is 117 Å². The summed E-state index contributed by atoms with van der Waals surface area (Å²) in [4.78, 5) is 25.3. The smallest absolute Gasteiger partial charge is 0.340 e. The number of anilines is 2. The number of carbonyl (C=O) groups excluding carboxylic acids is 2. The number of nitrogens with zero attached hydrogens (tertiary/aromatic N) is 1. The molecular weight excluding hydrogens is 258 g/mol. The number of para-hydroxylation sites is 1. The van der Waals surface area contributed by atoms with Gasteiger partial charge in [0.25, 0.3) is 0 Å². The van der Waals surface area contributed by atoms with Crippen LogP contribution in [-0.4, -0.2) is 32.1 Å². The zero-order valence-corrected chi connectivity index (χ0v) is 11.7. The van der Waals surface area contributed by atoms with E-state index in [1.54, 1.807) is 18.2 Å². The minimum Gasteiger partial charge on any atom is -0.465 e. The van der Waals surface area contributed by atoms with Crippen LogP contribution in [0.2, 0.25) is 0 Å². The van der Waals surface area contributed by atoms with Gasteiger partial charge in [0.15, 0.2) is 0 Å². The van der Waals surface area contributed by atoms with Crippen LogP contribution in [0.5, 0.6) is 0 Å². The Morgan fingerprint density at radius 1 is 1.40 bits per heavy atom. The second-order valence-electron chi connectivity index (χ2n) is 5.33. The average Bonchev–Trinajstić information content (AvgIpc) is 2.81. The summed E-state index contributed by atoms with van der Waals surface area (Å²) >= 11 is 0. The van der Waals surface area contributed by atoms with Gasteiger partial charge in [-0.1, -0.05) is 6.07 Å². The van der Waals surface area contributed by atoms with Gasteiger partial charge in [0, 0.05) is 13.1 Å². The number of ether oxygens (including phenoxy) is 1. The average molecular weight is 277 g/mol. The lowest BCUT2D eigenvalue weighted by molar-refractivity contribution is -0.125. The van der Waals surface area contributed by atoms with Crippen molar-refractivity contribution in [2.24, 2.45) is 11.1 Å². The van der Waals surface area contributed by atoms with Crippen LogP contribution in [0.3, 0.4) is 0 Å². The molecule has 1 aromatic rings. The molecule has 0 bridgehead atoms. The molecule has 2 rings (SSSR count). The van der Waals surface area contributed by atoms with Crippen molar-refractivity contribution in [2.75, 3.05) is 30.8 Å². The number of primary amides is 1. The summed E-state index contributed by atoms with van der Waals surface area (Å²) < 4.78 is 4.78. The first-order valence-electron chi connectivity index (χ1n) is 6.41. The monoisotopic (exact) mass is 277 g/mol. The highest BCUT2D eigenvalue weighted by atomic mass is 16.5. The molecule has 0 saturated carbocycles. The largest absolute Gasteiger partial charge is 0.465 e. The van der Waals surface area contributed by atoms with Crippen molar-refractivity contribution >= 4 is 23.3 Å². The van der Waals surface area contributed by atoms with E-state index in [1.165, 1.54) is 7.11 Å². The van der Waals surface area contributed by atoms with Crippen molar-refractivity contribution in [3.63, 3.8) is 0 Å². The van der Waals surface area contributed by atoms with Gasteiger partial charge in [-0.3, -0.25) is 4.79 Å². The fourth-order valence-electron chi connectivity index (χ4n) is 2.54. The molecule has 1 saturated heterocycles. The zero-order valence-electron chi connectivity index (χ0n) is 11.7. The van der Waals surface area contributed by atoms with E-state index < -0.39 is 11.4 Å². The molecule has 1 heterocycles. The van der Waals surface area contributed by atoms with Crippen LogP contribution in [0, 0.1) is 5.41 Å². The summed E-state index contributed by atoms with van der Waals surface area (Å²) in [5.41, 5.74) is 12.3. The molecule has 1 aliphatic heterocycles. The van der Waals surface area contributed by atoms with E-state index in [0.29, 0.717) is 36.4 Å². The summed E-state index contributed by atoms with van der Waals surface area (Å²) in [7, 11) is 1.33. The normalized spacial score (nSPS) is 21.8. The predicted octanol–water partition coefficient (Wildman–Crippen LogP) is 0.757. The van der Waals surface area contributed by atoms with E-state index in [2.05, 4.69) is 0 Å². The number of hydrogen-bond acceptors (Lipinski definition) is 5. The van der Waals surface area contributed by atoms with Gasteiger partial charge < -0.3 is 21.1 Å². The van der Waals surface area contributed by atoms with Crippen LogP contribution in [0.25, 0.3) is 0 Å². The maximum Gasteiger partial charge on any atom is 0.340 e. The summed E-state index contributed by atoms with van der Waals surface area (Å²) in [5, 5.41) is 0. The van der Waals surface area contributed by atoms with Gasteiger partial charge >= 0.3 is 5.97 Å². The molecule has 0 aliphatic carbocycles. The lowest BCUT2D eigenvalue weighted by Crippen LogP contribution is -2.37. The number of amides is 1. The van der Waals surface area contributed by atoms with E-state index in [-0.39, 0.29) is 5.91 Å². The highest BCUT2D eigenvalue weighted by molar-refractivity contribution is 5.99. The van der Waals surface area contributed by atoms with Gasteiger partial charge in [-0.25, -0.2) is 4.79 Å². The SMILES string of the molecule is COC(=O)c1cccc(N)c1N1CCC(C)(C(N)=O)C1. The van der Waals surface area contributed by atoms with Crippen LogP contribution < -0.4 is 16.4 Å². The number of carbonyl (C=O) groups is 2. The standard InChI is InChI=1S/C14H19N3O3/c1-14(13(16)19)6-7-17(8-14)11-9(12(18)20-2)4-3-5-10(11)15/h3-5H,6-8,15H2,1-2H3,(H2,16,19). The van der Waals surface area contributed by atoms with Crippen molar-refractivity contribution in [3.8, 4) is 0 Å². The van der Waals surface area contributed by atoms with Crippen LogP contribution in [0.4, 0.5) is 11.4 Å². The maximum atomic E-state index is 11.8. The third-order valence-electron chi connectivity index (χ3n) is 3.86. The molecule has 108 valence electrons. The summed E-state index contributed by atoms with van der Waals surface area (Å²) in [6.07, 6.45) is 0.636. The third-order valence-corrected chi connectivity index (χ3v) is 3.86. The molecule has 1 atom stereocenters. The summed E-state index contributed by atoms with van der Waals surface area (Å²) in [6, 6.07) is 5.09.